The van der Waals surface area contributed by atoms with E-state index in [4.69, 9.17) is 4.42 Å². The fourth-order valence-corrected chi connectivity index (χ4v) is 3.81. The van der Waals surface area contributed by atoms with Gasteiger partial charge in [0.1, 0.15) is 11.3 Å². The number of fused-ring (bicyclic) bond motifs is 3. The summed E-state index contributed by atoms with van der Waals surface area (Å²) in [6, 6.07) is 31.8. The summed E-state index contributed by atoms with van der Waals surface area (Å²) in [7, 11) is 0. The molecule has 0 N–H and O–H groups in total. The molecule has 0 bridgehead atoms. The molecule has 2 nitrogen and oxygen atoms in total. The molecule has 0 amide bonds. The van der Waals surface area contributed by atoms with Gasteiger partial charge in [0.15, 0.2) is 5.78 Å². The maximum Gasteiger partial charge on any atom is 0.167 e. The second-order valence-corrected chi connectivity index (χ2v) is 6.90. The first-order chi connectivity index (χ1) is 13.8. The molecule has 0 fully saturated rings. The molecule has 0 saturated heterocycles. The highest BCUT2D eigenvalue weighted by Gasteiger charge is 2.21. The third-order valence-electron chi connectivity index (χ3n) is 5.15. The van der Waals surface area contributed by atoms with E-state index < -0.39 is 0 Å². The number of carbonyl (C=O) groups is 1. The Morgan fingerprint density at radius 1 is 0.714 bits per heavy atom. The largest absolute Gasteiger partial charge is 0.456 e. The molecule has 0 atom stereocenters. The quantitative estimate of drug-likeness (QED) is 0.334. The fraction of sp³-hybridized carbons (Fsp3) is 0.0385. The van der Waals surface area contributed by atoms with Crippen molar-refractivity contribution in [2.45, 2.75) is 6.42 Å². The van der Waals surface area contributed by atoms with Crippen LogP contribution in [0.5, 0.6) is 0 Å². The summed E-state index contributed by atoms with van der Waals surface area (Å²) in [5, 5.41) is 3.28. The van der Waals surface area contributed by atoms with Crippen molar-refractivity contribution in [2.24, 2.45) is 0 Å². The molecule has 2 heteroatoms. The second kappa shape index (κ2) is 6.82. The van der Waals surface area contributed by atoms with Crippen molar-refractivity contribution in [3.8, 4) is 11.3 Å². The Bertz CT molecular complexity index is 1280. The normalized spacial score (nSPS) is 11.1. The molecule has 0 aliphatic rings. The van der Waals surface area contributed by atoms with Gasteiger partial charge in [-0.05, 0) is 16.8 Å². The monoisotopic (exact) mass is 362 g/mol. The van der Waals surface area contributed by atoms with Crippen LogP contribution in [0.2, 0.25) is 0 Å². The van der Waals surface area contributed by atoms with Gasteiger partial charge in [-0.2, -0.15) is 0 Å². The summed E-state index contributed by atoms with van der Waals surface area (Å²) < 4.78 is 6.28. The lowest BCUT2D eigenvalue weighted by Crippen LogP contribution is -2.04. The van der Waals surface area contributed by atoms with Gasteiger partial charge in [-0.1, -0.05) is 91.0 Å². The molecule has 5 aromatic rings. The van der Waals surface area contributed by atoms with Gasteiger partial charge in [0.25, 0.3) is 0 Å². The zero-order valence-electron chi connectivity index (χ0n) is 15.3. The lowest BCUT2D eigenvalue weighted by molar-refractivity contribution is 0.0993. The topological polar surface area (TPSA) is 30.2 Å². The second-order valence-electron chi connectivity index (χ2n) is 6.90. The van der Waals surface area contributed by atoms with Crippen LogP contribution >= 0.6 is 0 Å². The standard InChI is InChI=1S/C26H18O2/c27-23(19-10-3-1-4-11-19)17-22-25-21-14-8-7-9-18(21)15-16-24(25)28-26(22)20-12-5-2-6-13-20/h1-16H,17H2. The van der Waals surface area contributed by atoms with Crippen molar-refractivity contribution in [3.63, 3.8) is 0 Å². The highest BCUT2D eigenvalue weighted by atomic mass is 16.3. The number of hydrogen-bond donors (Lipinski definition) is 0. The van der Waals surface area contributed by atoms with Gasteiger partial charge >= 0.3 is 0 Å². The van der Waals surface area contributed by atoms with Gasteiger partial charge in [0, 0.05) is 28.5 Å². The molecule has 5 rings (SSSR count). The minimum absolute atomic E-state index is 0.0911. The predicted octanol–water partition coefficient (Wildman–Crippen LogP) is 6.68. The van der Waals surface area contributed by atoms with Crippen LogP contribution in [0, 0.1) is 0 Å². The first-order valence-electron chi connectivity index (χ1n) is 9.38. The summed E-state index contributed by atoms with van der Waals surface area (Å²) >= 11 is 0. The molecule has 28 heavy (non-hydrogen) atoms. The smallest absolute Gasteiger partial charge is 0.167 e. The number of furan rings is 1. The van der Waals surface area contributed by atoms with E-state index in [-0.39, 0.29) is 5.78 Å². The summed E-state index contributed by atoms with van der Waals surface area (Å²) in [6.45, 7) is 0. The minimum Gasteiger partial charge on any atom is -0.456 e. The predicted molar refractivity (Wildman–Crippen MR) is 114 cm³/mol. The summed E-state index contributed by atoms with van der Waals surface area (Å²) in [4.78, 5) is 13.0. The Kier molecular flexibility index (Phi) is 4.02. The Morgan fingerprint density at radius 2 is 1.39 bits per heavy atom. The van der Waals surface area contributed by atoms with Gasteiger partial charge in [-0.25, -0.2) is 0 Å². The number of benzene rings is 4. The van der Waals surface area contributed by atoms with E-state index in [2.05, 4.69) is 18.2 Å². The minimum atomic E-state index is 0.0911. The Balaban J connectivity index is 1.76. The molecular weight excluding hydrogens is 344 g/mol. The van der Waals surface area contributed by atoms with E-state index in [1.807, 2.05) is 78.9 Å². The van der Waals surface area contributed by atoms with Crippen LogP contribution in [-0.2, 0) is 6.42 Å². The Hall–Kier alpha value is -3.65. The van der Waals surface area contributed by atoms with Crippen molar-refractivity contribution in [3.05, 3.63) is 108 Å². The first kappa shape index (κ1) is 16.5. The van der Waals surface area contributed by atoms with Crippen LogP contribution in [0.3, 0.4) is 0 Å². The number of ketones is 1. The van der Waals surface area contributed by atoms with Gasteiger partial charge in [0.2, 0.25) is 0 Å². The van der Waals surface area contributed by atoms with Crippen LogP contribution in [0.25, 0.3) is 33.1 Å². The van der Waals surface area contributed by atoms with Crippen molar-refractivity contribution in [2.75, 3.05) is 0 Å². The Labute approximate surface area is 163 Å². The van der Waals surface area contributed by atoms with E-state index in [1.54, 1.807) is 0 Å². The molecule has 0 aliphatic carbocycles. The first-order valence-corrected chi connectivity index (χ1v) is 9.38. The zero-order valence-corrected chi connectivity index (χ0v) is 15.3. The molecule has 1 aromatic heterocycles. The van der Waals surface area contributed by atoms with E-state index >= 15 is 0 Å². The highest BCUT2D eigenvalue weighted by molar-refractivity contribution is 6.11. The van der Waals surface area contributed by atoms with Crippen molar-refractivity contribution in [1.82, 2.24) is 0 Å². The van der Waals surface area contributed by atoms with E-state index in [0.717, 1.165) is 44.2 Å². The molecular formula is C26H18O2. The maximum absolute atomic E-state index is 13.0. The average molecular weight is 362 g/mol. The summed E-state index contributed by atoms with van der Waals surface area (Å²) in [5.74, 6) is 0.865. The van der Waals surface area contributed by atoms with Crippen LogP contribution < -0.4 is 0 Å². The van der Waals surface area contributed by atoms with Crippen LogP contribution in [0.15, 0.2) is 101 Å². The third kappa shape index (κ3) is 2.80. The summed E-state index contributed by atoms with van der Waals surface area (Å²) in [5.41, 5.74) is 3.47. The van der Waals surface area contributed by atoms with Crippen molar-refractivity contribution >= 4 is 27.5 Å². The molecule has 0 unspecified atom stereocenters. The van der Waals surface area contributed by atoms with Gasteiger partial charge in [-0.3, -0.25) is 4.79 Å². The molecule has 134 valence electrons. The van der Waals surface area contributed by atoms with Crippen LogP contribution in [-0.4, -0.2) is 5.78 Å². The number of rotatable bonds is 4. The molecule has 4 aromatic carbocycles. The van der Waals surface area contributed by atoms with Crippen molar-refractivity contribution in [1.29, 1.82) is 0 Å². The van der Waals surface area contributed by atoms with Crippen molar-refractivity contribution < 1.29 is 9.21 Å². The Morgan fingerprint density at radius 3 is 2.18 bits per heavy atom. The fourth-order valence-electron chi connectivity index (χ4n) is 3.81. The zero-order chi connectivity index (χ0) is 18.9. The van der Waals surface area contributed by atoms with Gasteiger partial charge in [0.05, 0.1) is 0 Å². The van der Waals surface area contributed by atoms with Crippen LogP contribution in [0.4, 0.5) is 0 Å². The molecule has 0 aliphatic heterocycles. The lowest BCUT2D eigenvalue weighted by Gasteiger charge is -2.05. The molecule has 1 heterocycles. The number of carbonyl (C=O) groups excluding carboxylic acids is 1. The van der Waals surface area contributed by atoms with E-state index in [9.17, 15) is 4.79 Å². The number of hydrogen-bond acceptors (Lipinski definition) is 2. The SMILES string of the molecule is O=C(Cc1c(-c2ccccc2)oc2ccc3ccccc3c12)c1ccccc1. The van der Waals surface area contributed by atoms with Gasteiger partial charge < -0.3 is 4.42 Å². The summed E-state index contributed by atoms with van der Waals surface area (Å²) in [6.07, 6.45) is 0.301. The molecule has 0 saturated carbocycles. The molecule has 0 radical (unpaired) electrons. The van der Waals surface area contributed by atoms with E-state index in [1.165, 1.54) is 0 Å². The lowest BCUT2D eigenvalue weighted by atomic mass is 9.95. The maximum atomic E-state index is 13.0. The van der Waals surface area contributed by atoms with E-state index in [0.29, 0.717) is 6.42 Å². The van der Waals surface area contributed by atoms with Gasteiger partial charge in [-0.15, -0.1) is 0 Å². The average Bonchev–Trinajstić information content (AvgIpc) is 3.14. The van der Waals surface area contributed by atoms with Crippen LogP contribution in [0.1, 0.15) is 15.9 Å². The molecule has 0 spiro atoms. The third-order valence-corrected chi connectivity index (χ3v) is 5.15. The number of Topliss-reactive ketones (excluding diaryl/α,β-unsaturated/α-hetero) is 1. The highest BCUT2D eigenvalue weighted by Crippen LogP contribution is 2.38.